The Balaban J connectivity index is 1.96. The van der Waals surface area contributed by atoms with Crippen molar-refractivity contribution in [2.45, 2.75) is 25.5 Å². The van der Waals surface area contributed by atoms with Gasteiger partial charge in [-0.1, -0.05) is 0 Å². The van der Waals surface area contributed by atoms with Crippen LogP contribution in [0.15, 0.2) is 6.20 Å². The molecule has 0 radical (unpaired) electrons. The zero-order valence-electron chi connectivity index (χ0n) is 13.0. The quantitative estimate of drug-likeness (QED) is 0.802. The Morgan fingerprint density at radius 1 is 1.52 bits per heavy atom. The first-order chi connectivity index (χ1) is 9.81. The van der Waals surface area contributed by atoms with E-state index in [2.05, 4.69) is 10.4 Å². The third-order valence-corrected chi connectivity index (χ3v) is 5.61. The van der Waals surface area contributed by atoms with Gasteiger partial charge in [-0.2, -0.15) is 5.10 Å². The molecule has 0 spiro atoms. The minimum absolute atomic E-state index is 0.0549. The van der Waals surface area contributed by atoms with E-state index in [1.54, 1.807) is 18.8 Å². The van der Waals surface area contributed by atoms with Gasteiger partial charge in [0.05, 0.1) is 11.4 Å². The van der Waals surface area contributed by atoms with Gasteiger partial charge < -0.3 is 10.1 Å². The number of rotatable bonds is 6. The maximum absolute atomic E-state index is 11.8. The smallest absolute Gasteiger partial charge is 0.214 e. The normalized spacial score (nSPS) is 23.1. The second kappa shape index (κ2) is 6.43. The molecule has 1 N–H and O–H groups in total. The van der Waals surface area contributed by atoms with Crippen LogP contribution in [0.1, 0.15) is 23.8 Å². The highest BCUT2D eigenvalue weighted by molar-refractivity contribution is 7.89. The summed E-state index contributed by atoms with van der Waals surface area (Å²) >= 11 is 0. The Kier molecular flexibility index (Phi) is 5.03. The fourth-order valence-electron chi connectivity index (χ4n) is 2.56. The first-order valence-corrected chi connectivity index (χ1v) is 8.67. The van der Waals surface area contributed by atoms with Gasteiger partial charge in [0.15, 0.2) is 0 Å². The third-order valence-electron chi connectivity index (χ3n) is 3.77. The number of sulfonamides is 1. The van der Waals surface area contributed by atoms with Crippen LogP contribution in [0.2, 0.25) is 0 Å². The monoisotopic (exact) mass is 316 g/mol. The SMILES string of the molecule is Cc1nn(C)cc1[C@H]1OCC[C@@H]1NCCS(=O)(=O)N(C)C. The van der Waals surface area contributed by atoms with Crippen molar-refractivity contribution in [1.29, 1.82) is 0 Å². The van der Waals surface area contributed by atoms with Crippen LogP contribution >= 0.6 is 0 Å². The Labute approximate surface area is 126 Å². The van der Waals surface area contributed by atoms with Crippen LogP contribution in [0.4, 0.5) is 0 Å². The number of hydrogen-bond donors (Lipinski definition) is 1. The molecule has 0 aliphatic carbocycles. The number of nitrogens with one attached hydrogen (secondary N) is 1. The molecule has 1 aliphatic rings. The lowest BCUT2D eigenvalue weighted by Gasteiger charge is -2.20. The van der Waals surface area contributed by atoms with Crippen molar-refractivity contribution < 1.29 is 13.2 Å². The van der Waals surface area contributed by atoms with Gasteiger partial charge in [-0.05, 0) is 13.3 Å². The molecule has 7 nitrogen and oxygen atoms in total. The fraction of sp³-hybridized carbons (Fsp3) is 0.769. The van der Waals surface area contributed by atoms with E-state index in [-0.39, 0.29) is 17.9 Å². The Bertz CT molecular complexity index is 582. The second-order valence-electron chi connectivity index (χ2n) is 5.58. The molecule has 8 heteroatoms. The molecule has 1 aromatic rings. The Hall–Kier alpha value is -0.960. The van der Waals surface area contributed by atoms with Gasteiger partial charge >= 0.3 is 0 Å². The average molecular weight is 316 g/mol. The third kappa shape index (κ3) is 3.82. The number of nitrogens with zero attached hydrogens (tertiary/aromatic N) is 3. The van der Waals surface area contributed by atoms with E-state index in [1.807, 2.05) is 20.2 Å². The molecule has 2 atom stereocenters. The maximum Gasteiger partial charge on any atom is 0.214 e. The Morgan fingerprint density at radius 3 is 2.81 bits per heavy atom. The zero-order chi connectivity index (χ0) is 15.6. The second-order valence-corrected chi connectivity index (χ2v) is 7.88. The topological polar surface area (TPSA) is 76.5 Å². The lowest BCUT2D eigenvalue weighted by molar-refractivity contribution is 0.0986. The summed E-state index contributed by atoms with van der Waals surface area (Å²) < 4.78 is 32.3. The molecular weight excluding hydrogens is 292 g/mol. The zero-order valence-corrected chi connectivity index (χ0v) is 13.9. The van der Waals surface area contributed by atoms with Gasteiger partial charge in [0.2, 0.25) is 10.0 Å². The number of ether oxygens (including phenoxy) is 1. The predicted octanol–water partition coefficient (Wildman–Crippen LogP) is 0.0395. The molecule has 0 saturated carbocycles. The molecule has 21 heavy (non-hydrogen) atoms. The molecule has 1 aliphatic heterocycles. The van der Waals surface area contributed by atoms with E-state index in [0.29, 0.717) is 13.2 Å². The van der Waals surface area contributed by atoms with Gasteiger partial charge in [-0.3, -0.25) is 4.68 Å². The summed E-state index contributed by atoms with van der Waals surface area (Å²) in [6.45, 7) is 3.06. The standard InChI is InChI=1S/C13H24N4O3S/c1-10-11(9-17(4)15-10)13-12(5-7-20-13)14-6-8-21(18,19)16(2)3/h9,12-14H,5-8H2,1-4H3/t12-,13+/m0/s1. The van der Waals surface area contributed by atoms with Crippen molar-refractivity contribution in [2.24, 2.45) is 7.05 Å². The van der Waals surface area contributed by atoms with Crippen molar-refractivity contribution >= 4 is 10.0 Å². The first kappa shape index (κ1) is 16.4. The molecule has 1 saturated heterocycles. The molecule has 1 fully saturated rings. The van der Waals surface area contributed by atoms with Crippen LogP contribution in [-0.2, 0) is 21.8 Å². The molecule has 1 aromatic heterocycles. The van der Waals surface area contributed by atoms with E-state index in [4.69, 9.17) is 4.74 Å². The number of aryl methyl sites for hydroxylation is 2. The van der Waals surface area contributed by atoms with Crippen LogP contribution in [0.25, 0.3) is 0 Å². The minimum Gasteiger partial charge on any atom is -0.372 e. The van der Waals surface area contributed by atoms with E-state index in [0.717, 1.165) is 17.7 Å². The average Bonchev–Trinajstić information content (AvgIpc) is 2.95. The molecule has 0 unspecified atom stereocenters. The summed E-state index contributed by atoms with van der Waals surface area (Å²) in [6.07, 6.45) is 2.79. The van der Waals surface area contributed by atoms with Crippen molar-refractivity contribution in [3.05, 3.63) is 17.5 Å². The molecule has 2 heterocycles. The first-order valence-electron chi connectivity index (χ1n) is 7.06. The summed E-state index contributed by atoms with van der Waals surface area (Å²) in [6, 6.07) is 0.130. The Morgan fingerprint density at radius 2 is 2.24 bits per heavy atom. The predicted molar refractivity (Wildman–Crippen MR) is 80.5 cm³/mol. The van der Waals surface area contributed by atoms with Crippen molar-refractivity contribution in [1.82, 2.24) is 19.4 Å². The van der Waals surface area contributed by atoms with Crippen molar-refractivity contribution in [2.75, 3.05) is 33.0 Å². The van der Waals surface area contributed by atoms with Crippen molar-refractivity contribution in [3.63, 3.8) is 0 Å². The van der Waals surface area contributed by atoms with E-state index >= 15 is 0 Å². The molecule has 0 aromatic carbocycles. The number of aromatic nitrogens is 2. The van der Waals surface area contributed by atoms with Crippen LogP contribution in [0, 0.1) is 6.92 Å². The molecular formula is C13H24N4O3S. The molecule has 2 rings (SSSR count). The fourth-order valence-corrected chi connectivity index (χ4v) is 3.30. The van der Waals surface area contributed by atoms with Gasteiger partial charge in [0.25, 0.3) is 0 Å². The highest BCUT2D eigenvalue weighted by Crippen LogP contribution is 2.30. The van der Waals surface area contributed by atoms with Gasteiger partial charge in [-0.25, -0.2) is 12.7 Å². The van der Waals surface area contributed by atoms with Crippen molar-refractivity contribution in [3.8, 4) is 0 Å². The van der Waals surface area contributed by atoms with Crippen LogP contribution in [-0.4, -0.2) is 61.5 Å². The van der Waals surface area contributed by atoms with Gasteiger partial charge in [-0.15, -0.1) is 0 Å². The highest BCUT2D eigenvalue weighted by Gasteiger charge is 2.31. The highest BCUT2D eigenvalue weighted by atomic mass is 32.2. The lowest BCUT2D eigenvalue weighted by atomic mass is 10.0. The molecule has 0 bridgehead atoms. The number of hydrogen-bond acceptors (Lipinski definition) is 5. The summed E-state index contributed by atoms with van der Waals surface area (Å²) in [5.41, 5.74) is 2.03. The molecule has 0 amide bonds. The minimum atomic E-state index is -3.16. The summed E-state index contributed by atoms with van der Waals surface area (Å²) in [5.74, 6) is 0.0925. The van der Waals surface area contributed by atoms with Crippen LogP contribution in [0.5, 0.6) is 0 Å². The van der Waals surface area contributed by atoms with Crippen LogP contribution in [0.3, 0.4) is 0 Å². The summed E-state index contributed by atoms with van der Waals surface area (Å²) in [7, 11) is 1.83. The van der Waals surface area contributed by atoms with E-state index < -0.39 is 10.0 Å². The maximum atomic E-state index is 11.8. The largest absolute Gasteiger partial charge is 0.372 e. The van der Waals surface area contributed by atoms with E-state index in [1.165, 1.54) is 4.31 Å². The summed E-state index contributed by atoms with van der Waals surface area (Å²) in [4.78, 5) is 0. The van der Waals surface area contributed by atoms with Gasteiger partial charge in [0, 0.05) is 52.1 Å². The lowest BCUT2D eigenvalue weighted by Crippen LogP contribution is -2.37. The van der Waals surface area contributed by atoms with Gasteiger partial charge in [0.1, 0.15) is 6.10 Å². The molecule has 120 valence electrons. The summed E-state index contributed by atoms with van der Waals surface area (Å²) in [5, 5.41) is 7.65. The van der Waals surface area contributed by atoms with E-state index in [9.17, 15) is 8.42 Å². The van der Waals surface area contributed by atoms with Crippen LogP contribution < -0.4 is 5.32 Å².